The Morgan fingerprint density at radius 2 is 2.26 bits per heavy atom. The van der Waals surface area contributed by atoms with Gasteiger partial charge in [-0.15, -0.1) is 0 Å². The Hall–Kier alpha value is -0.980. The number of ether oxygens (including phenoxy) is 1. The van der Waals surface area contributed by atoms with E-state index in [0.29, 0.717) is 11.7 Å². The number of rotatable bonds is 5. The average molecular weight is 268 g/mol. The van der Waals surface area contributed by atoms with Crippen LogP contribution in [0.5, 0.6) is 0 Å². The van der Waals surface area contributed by atoms with Crippen LogP contribution in [-0.4, -0.2) is 48.3 Å². The molecule has 6 nitrogen and oxygen atoms in total. The van der Waals surface area contributed by atoms with Gasteiger partial charge in [0.2, 0.25) is 11.7 Å². The minimum absolute atomic E-state index is 0.0783. The Kier molecular flexibility index (Phi) is 4.54. The summed E-state index contributed by atoms with van der Waals surface area (Å²) in [7, 11) is 1.88. The van der Waals surface area contributed by atoms with E-state index in [2.05, 4.69) is 27.3 Å². The van der Waals surface area contributed by atoms with E-state index in [1.54, 1.807) is 0 Å². The second kappa shape index (κ2) is 5.98. The fourth-order valence-electron chi connectivity index (χ4n) is 2.10. The van der Waals surface area contributed by atoms with Crippen molar-refractivity contribution in [3.05, 3.63) is 11.7 Å². The molecule has 0 saturated carbocycles. The van der Waals surface area contributed by atoms with Crippen LogP contribution in [0.1, 0.15) is 45.0 Å². The van der Waals surface area contributed by atoms with Gasteiger partial charge in [-0.2, -0.15) is 4.98 Å². The Morgan fingerprint density at radius 1 is 1.47 bits per heavy atom. The first-order valence-electron chi connectivity index (χ1n) is 6.93. The lowest BCUT2D eigenvalue weighted by Gasteiger charge is -2.31. The fourth-order valence-corrected chi connectivity index (χ4v) is 2.10. The van der Waals surface area contributed by atoms with E-state index in [0.717, 1.165) is 32.7 Å². The second-order valence-electron chi connectivity index (χ2n) is 5.49. The van der Waals surface area contributed by atoms with Gasteiger partial charge in [-0.05, 0) is 33.9 Å². The smallest absolute Gasteiger partial charge is 0.246 e. The maximum absolute atomic E-state index is 5.75. The van der Waals surface area contributed by atoms with Crippen molar-refractivity contribution in [3.63, 3.8) is 0 Å². The van der Waals surface area contributed by atoms with Crippen molar-refractivity contribution in [1.29, 1.82) is 0 Å². The minimum atomic E-state index is -0.316. The van der Waals surface area contributed by atoms with Gasteiger partial charge in [0, 0.05) is 13.1 Å². The lowest BCUT2D eigenvalue weighted by atomic mass is 10.1. The van der Waals surface area contributed by atoms with Crippen LogP contribution in [0.4, 0.5) is 0 Å². The van der Waals surface area contributed by atoms with Crippen LogP contribution >= 0.6 is 0 Å². The van der Waals surface area contributed by atoms with E-state index in [9.17, 15) is 0 Å². The number of morpholine rings is 1. The molecule has 1 aliphatic heterocycles. The Balaban J connectivity index is 2.06. The zero-order chi connectivity index (χ0) is 13.9. The molecule has 0 amide bonds. The van der Waals surface area contributed by atoms with Crippen LogP contribution in [0, 0.1) is 0 Å². The molecule has 1 fully saturated rings. The quantitative estimate of drug-likeness (QED) is 0.868. The standard InChI is InChI=1S/C13H24N4O2/c1-5-6-17-7-8-18-10(9-17)11-15-12(19-16-11)13(2,3)14-4/h10,14H,5-9H2,1-4H3. The molecule has 6 heteroatoms. The second-order valence-corrected chi connectivity index (χ2v) is 5.49. The minimum Gasteiger partial charge on any atom is -0.367 e. The van der Waals surface area contributed by atoms with Crippen LogP contribution in [0.15, 0.2) is 4.52 Å². The van der Waals surface area contributed by atoms with Crippen LogP contribution in [0.2, 0.25) is 0 Å². The first-order valence-corrected chi connectivity index (χ1v) is 6.93. The van der Waals surface area contributed by atoms with Crippen molar-refractivity contribution >= 4 is 0 Å². The highest BCUT2D eigenvalue weighted by atomic mass is 16.5. The highest BCUT2D eigenvalue weighted by Crippen LogP contribution is 2.23. The summed E-state index contributed by atoms with van der Waals surface area (Å²) in [6.45, 7) is 9.84. The Morgan fingerprint density at radius 3 is 2.95 bits per heavy atom. The van der Waals surface area contributed by atoms with Gasteiger partial charge in [-0.3, -0.25) is 4.90 Å². The highest BCUT2D eigenvalue weighted by molar-refractivity contribution is 5.01. The number of aromatic nitrogens is 2. The first kappa shape index (κ1) is 14.4. The lowest BCUT2D eigenvalue weighted by molar-refractivity contribution is -0.0350. The zero-order valence-corrected chi connectivity index (χ0v) is 12.3. The zero-order valence-electron chi connectivity index (χ0n) is 12.3. The highest BCUT2D eigenvalue weighted by Gasteiger charge is 2.30. The molecule has 0 aliphatic carbocycles. The van der Waals surface area contributed by atoms with Crippen molar-refractivity contribution < 1.29 is 9.26 Å². The molecule has 0 radical (unpaired) electrons. The maximum Gasteiger partial charge on any atom is 0.246 e. The van der Waals surface area contributed by atoms with Crippen molar-refractivity contribution in [2.45, 2.75) is 38.8 Å². The maximum atomic E-state index is 5.75. The van der Waals surface area contributed by atoms with Crippen molar-refractivity contribution in [3.8, 4) is 0 Å². The molecule has 0 bridgehead atoms. The topological polar surface area (TPSA) is 63.4 Å². The molecule has 1 unspecified atom stereocenters. The molecule has 0 aromatic carbocycles. The molecule has 1 aliphatic rings. The summed E-state index contributed by atoms with van der Waals surface area (Å²) >= 11 is 0. The van der Waals surface area contributed by atoms with Crippen LogP contribution in [0.3, 0.4) is 0 Å². The molecule has 1 aromatic heterocycles. The van der Waals surface area contributed by atoms with Crippen LogP contribution < -0.4 is 5.32 Å². The first-order chi connectivity index (χ1) is 9.06. The summed E-state index contributed by atoms with van der Waals surface area (Å²) in [4.78, 5) is 6.86. The Bertz CT molecular complexity index is 403. The van der Waals surface area contributed by atoms with Gasteiger partial charge in [-0.25, -0.2) is 0 Å². The van der Waals surface area contributed by atoms with Gasteiger partial charge in [0.1, 0.15) is 6.10 Å². The number of nitrogens with zero attached hydrogens (tertiary/aromatic N) is 3. The summed E-state index contributed by atoms with van der Waals surface area (Å²) in [5, 5.41) is 7.23. The molecule has 2 heterocycles. The van der Waals surface area contributed by atoms with Crippen molar-refractivity contribution in [2.75, 3.05) is 33.3 Å². The van der Waals surface area contributed by atoms with E-state index in [4.69, 9.17) is 9.26 Å². The molecule has 1 atom stereocenters. The average Bonchev–Trinajstić information content (AvgIpc) is 2.90. The van der Waals surface area contributed by atoms with Crippen LogP contribution in [0.25, 0.3) is 0 Å². The summed E-state index contributed by atoms with van der Waals surface area (Å²) in [5.74, 6) is 1.25. The molecular weight excluding hydrogens is 244 g/mol. The number of hydrogen-bond donors (Lipinski definition) is 1. The SMILES string of the molecule is CCCN1CCOC(c2noc(C(C)(C)NC)n2)C1. The van der Waals surface area contributed by atoms with E-state index in [1.165, 1.54) is 0 Å². The van der Waals surface area contributed by atoms with Gasteiger partial charge in [0.25, 0.3) is 0 Å². The normalized spacial score (nSPS) is 21.8. The third-order valence-corrected chi connectivity index (χ3v) is 3.58. The van der Waals surface area contributed by atoms with E-state index in [-0.39, 0.29) is 11.6 Å². The molecule has 2 rings (SSSR count). The van der Waals surface area contributed by atoms with Gasteiger partial charge < -0.3 is 14.6 Å². The largest absolute Gasteiger partial charge is 0.367 e. The molecule has 1 N–H and O–H groups in total. The summed E-state index contributed by atoms with van der Waals surface area (Å²) in [5.41, 5.74) is -0.316. The van der Waals surface area contributed by atoms with Gasteiger partial charge in [0.05, 0.1) is 12.1 Å². The predicted octanol–water partition coefficient (Wildman–Crippen LogP) is 1.31. The van der Waals surface area contributed by atoms with E-state index in [1.807, 2.05) is 20.9 Å². The van der Waals surface area contributed by atoms with E-state index < -0.39 is 0 Å². The van der Waals surface area contributed by atoms with Gasteiger partial charge in [0.15, 0.2) is 0 Å². The fraction of sp³-hybridized carbons (Fsp3) is 0.846. The third-order valence-electron chi connectivity index (χ3n) is 3.58. The predicted molar refractivity (Wildman–Crippen MR) is 71.8 cm³/mol. The van der Waals surface area contributed by atoms with Crippen LogP contribution in [-0.2, 0) is 10.3 Å². The molecule has 1 saturated heterocycles. The summed E-state index contributed by atoms with van der Waals surface area (Å²) in [6.07, 6.45) is 1.07. The number of nitrogens with one attached hydrogen (secondary N) is 1. The summed E-state index contributed by atoms with van der Waals surface area (Å²) in [6, 6.07) is 0. The van der Waals surface area contributed by atoms with Gasteiger partial charge in [-0.1, -0.05) is 12.1 Å². The summed E-state index contributed by atoms with van der Waals surface area (Å²) < 4.78 is 11.1. The number of hydrogen-bond acceptors (Lipinski definition) is 6. The molecule has 1 aromatic rings. The molecular formula is C13H24N4O2. The van der Waals surface area contributed by atoms with Crippen molar-refractivity contribution in [1.82, 2.24) is 20.4 Å². The molecule has 0 spiro atoms. The van der Waals surface area contributed by atoms with Crippen molar-refractivity contribution in [2.24, 2.45) is 0 Å². The molecule has 108 valence electrons. The Labute approximate surface area is 114 Å². The molecule has 19 heavy (non-hydrogen) atoms. The lowest BCUT2D eigenvalue weighted by Crippen LogP contribution is -2.39. The third kappa shape index (κ3) is 3.32. The van der Waals surface area contributed by atoms with Gasteiger partial charge >= 0.3 is 0 Å². The van der Waals surface area contributed by atoms with E-state index >= 15 is 0 Å². The monoisotopic (exact) mass is 268 g/mol.